The highest BCUT2D eigenvalue weighted by molar-refractivity contribution is 7.51. The van der Waals surface area contributed by atoms with Crippen molar-refractivity contribution in [1.29, 1.82) is 0 Å². The molecule has 4 heterocycles. The number of ether oxygens (including phenoxy) is 3. The van der Waals surface area contributed by atoms with Gasteiger partial charge in [-0.15, -0.1) is 0 Å². The molecule has 0 spiro atoms. The van der Waals surface area contributed by atoms with Crippen molar-refractivity contribution in [3.8, 4) is 5.88 Å². The van der Waals surface area contributed by atoms with Crippen molar-refractivity contribution in [2.45, 2.75) is 51.3 Å². The van der Waals surface area contributed by atoms with Crippen LogP contribution in [0.3, 0.4) is 0 Å². The number of rotatable bonds is 8. The topological polar surface area (TPSA) is 162 Å². The summed E-state index contributed by atoms with van der Waals surface area (Å²) in [4.78, 5) is 23.9. The smallest absolute Gasteiger partial charge is 0.406 e. The van der Waals surface area contributed by atoms with Crippen LogP contribution in [-0.2, 0) is 27.9 Å². The lowest BCUT2D eigenvalue weighted by molar-refractivity contribution is -0.142. The number of hydrogen-bond acceptors (Lipinski definition) is 11. The Morgan fingerprint density at radius 2 is 2.21 bits per heavy atom. The number of halogens is 1. The standard InChI is InChI=1S/C18H26FN6O7P/c1-4-28-11(26)6-7-22-33(27)30-8-10-13(32-33)18(3,19)16(31-10)25-9-21-12-14(25)23-17(20)24-15(12)29-5-2/h9-10,13,16H,4-8H2,1-3H3,(H,22,27)(H2,20,23,24)/t10-,13-,16-,18-,33-/m1/s1. The zero-order chi connectivity index (χ0) is 23.8. The monoisotopic (exact) mass is 488 g/mol. The first kappa shape index (κ1) is 23.8. The van der Waals surface area contributed by atoms with E-state index in [2.05, 4.69) is 20.0 Å². The lowest BCUT2D eigenvalue weighted by atomic mass is 9.98. The molecule has 0 aliphatic carbocycles. The number of fused-ring (bicyclic) bond motifs is 2. The van der Waals surface area contributed by atoms with Crippen molar-refractivity contribution < 1.29 is 37.0 Å². The number of nitrogens with two attached hydrogens (primary N) is 1. The van der Waals surface area contributed by atoms with Gasteiger partial charge < -0.3 is 19.9 Å². The Labute approximate surface area is 188 Å². The maximum atomic E-state index is 16.1. The van der Waals surface area contributed by atoms with Crippen LogP contribution in [0.5, 0.6) is 5.88 Å². The van der Waals surface area contributed by atoms with Gasteiger partial charge in [0.2, 0.25) is 11.8 Å². The number of carbonyl (C=O) groups is 1. The second-order valence-electron chi connectivity index (χ2n) is 7.60. The van der Waals surface area contributed by atoms with E-state index in [4.69, 9.17) is 29.0 Å². The lowest BCUT2D eigenvalue weighted by Gasteiger charge is -2.34. The van der Waals surface area contributed by atoms with Crippen LogP contribution in [0, 0.1) is 0 Å². The first-order valence-electron chi connectivity index (χ1n) is 10.5. The maximum Gasteiger partial charge on any atom is 0.406 e. The molecule has 0 unspecified atom stereocenters. The van der Waals surface area contributed by atoms with Crippen LogP contribution in [-0.4, -0.2) is 69.7 Å². The number of alkyl halides is 1. The fraction of sp³-hybridized carbons (Fsp3) is 0.667. The summed E-state index contributed by atoms with van der Waals surface area (Å²) in [6, 6.07) is 0. The summed E-state index contributed by atoms with van der Waals surface area (Å²) in [6.07, 6.45) is -1.99. The third kappa shape index (κ3) is 4.53. The van der Waals surface area contributed by atoms with Gasteiger partial charge in [0.1, 0.15) is 12.2 Å². The molecule has 15 heteroatoms. The van der Waals surface area contributed by atoms with E-state index in [0.717, 1.165) is 0 Å². The minimum Gasteiger partial charge on any atom is -0.476 e. The molecular formula is C18H26FN6O7P. The van der Waals surface area contributed by atoms with Crippen molar-refractivity contribution in [2.24, 2.45) is 0 Å². The minimum atomic E-state index is -3.88. The van der Waals surface area contributed by atoms with Crippen LogP contribution in [0.4, 0.5) is 10.3 Å². The van der Waals surface area contributed by atoms with E-state index in [1.807, 2.05) is 0 Å². The van der Waals surface area contributed by atoms with Gasteiger partial charge in [0, 0.05) is 6.54 Å². The second kappa shape index (κ2) is 9.11. The van der Waals surface area contributed by atoms with Gasteiger partial charge in [-0.05, 0) is 20.8 Å². The predicted molar refractivity (Wildman–Crippen MR) is 112 cm³/mol. The van der Waals surface area contributed by atoms with E-state index in [1.54, 1.807) is 13.8 Å². The van der Waals surface area contributed by atoms with Crippen LogP contribution in [0.15, 0.2) is 6.33 Å². The Hall–Kier alpha value is -2.38. The average Bonchev–Trinajstić information content (AvgIpc) is 3.26. The number of nitrogens with one attached hydrogen (secondary N) is 1. The van der Waals surface area contributed by atoms with Gasteiger partial charge in [0.25, 0.3) is 0 Å². The van der Waals surface area contributed by atoms with Crippen molar-refractivity contribution in [1.82, 2.24) is 24.6 Å². The van der Waals surface area contributed by atoms with Crippen LogP contribution < -0.4 is 15.6 Å². The summed E-state index contributed by atoms with van der Waals surface area (Å²) < 4.78 is 57.4. The Kier molecular flexibility index (Phi) is 6.56. The molecule has 0 bridgehead atoms. The number of aromatic nitrogens is 4. The van der Waals surface area contributed by atoms with Crippen molar-refractivity contribution in [3.05, 3.63) is 6.33 Å². The van der Waals surface area contributed by atoms with Crippen molar-refractivity contribution >= 4 is 30.8 Å². The van der Waals surface area contributed by atoms with E-state index in [9.17, 15) is 9.36 Å². The molecule has 2 aliphatic rings. The molecule has 2 aromatic rings. The molecule has 33 heavy (non-hydrogen) atoms. The van der Waals surface area contributed by atoms with Gasteiger partial charge in [0.05, 0.1) is 32.6 Å². The SMILES string of the molecule is CCOC(=O)CCN[P@@]1(=O)OC[C@H]2O[C@@H](n3cnc4c(OCC)nc(N)nc43)[C@](C)(F)[C@@H]2O1. The fourth-order valence-electron chi connectivity index (χ4n) is 3.79. The molecule has 182 valence electrons. The highest BCUT2D eigenvalue weighted by Crippen LogP contribution is 2.56. The Bertz CT molecular complexity index is 1080. The number of imidazole rings is 1. The molecule has 2 aromatic heterocycles. The normalized spacial score (nSPS) is 31.5. The number of nitrogen functional groups attached to an aromatic ring is 1. The summed E-state index contributed by atoms with van der Waals surface area (Å²) in [5.41, 5.74) is 4.15. The van der Waals surface area contributed by atoms with Crippen molar-refractivity contribution in [3.63, 3.8) is 0 Å². The number of esters is 1. The van der Waals surface area contributed by atoms with E-state index >= 15 is 4.39 Å². The van der Waals surface area contributed by atoms with E-state index < -0.39 is 37.8 Å². The zero-order valence-electron chi connectivity index (χ0n) is 18.4. The summed E-state index contributed by atoms with van der Waals surface area (Å²) in [7, 11) is -3.88. The molecular weight excluding hydrogens is 462 g/mol. The van der Waals surface area contributed by atoms with Crippen LogP contribution in [0.1, 0.15) is 33.4 Å². The van der Waals surface area contributed by atoms with Gasteiger partial charge in [0.15, 0.2) is 23.1 Å². The quantitative estimate of drug-likeness (QED) is 0.407. The Morgan fingerprint density at radius 1 is 1.42 bits per heavy atom. The van der Waals surface area contributed by atoms with E-state index in [0.29, 0.717) is 12.1 Å². The summed E-state index contributed by atoms with van der Waals surface area (Å²) >= 11 is 0. The van der Waals surface area contributed by atoms with Crippen LogP contribution >= 0.6 is 7.75 Å². The molecule has 0 saturated carbocycles. The minimum absolute atomic E-state index is 0.0245. The Morgan fingerprint density at radius 3 is 2.94 bits per heavy atom. The molecule has 0 radical (unpaired) electrons. The highest BCUT2D eigenvalue weighted by atomic mass is 31.2. The highest BCUT2D eigenvalue weighted by Gasteiger charge is 2.61. The molecule has 3 N–H and O–H groups in total. The number of anilines is 1. The predicted octanol–water partition coefficient (Wildman–Crippen LogP) is 1.50. The van der Waals surface area contributed by atoms with Gasteiger partial charge in [-0.2, -0.15) is 9.97 Å². The van der Waals surface area contributed by atoms with E-state index in [-0.39, 0.29) is 43.7 Å². The molecule has 0 amide bonds. The summed E-state index contributed by atoms with van der Waals surface area (Å²) in [5, 5.41) is 2.56. The van der Waals surface area contributed by atoms with Gasteiger partial charge >= 0.3 is 13.7 Å². The first-order chi connectivity index (χ1) is 15.7. The third-order valence-electron chi connectivity index (χ3n) is 5.22. The average molecular weight is 488 g/mol. The summed E-state index contributed by atoms with van der Waals surface area (Å²) in [6.45, 7) is 5.09. The maximum absolute atomic E-state index is 16.1. The van der Waals surface area contributed by atoms with Gasteiger partial charge in [-0.1, -0.05) is 0 Å². The largest absolute Gasteiger partial charge is 0.476 e. The first-order valence-corrected chi connectivity index (χ1v) is 12.0. The molecule has 13 nitrogen and oxygen atoms in total. The van der Waals surface area contributed by atoms with Gasteiger partial charge in [-0.25, -0.2) is 19.0 Å². The van der Waals surface area contributed by atoms with E-state index in [1.165, 1.54) is 17.8 Å². The van der Waals surface area contributed by atoms with Crippen molar-refractivity contribution in [2.75, 3.05) is 32.1 Å². The number of hydrogen-bond donors (Lipinski definition) is 2. The molecule has 2 aliphatic heterocycles. The zero-order valence-corrected chi connectivity index (χ0v) is 19.3. The molecule has 2 saturated heterocycles. The fourth-order valence-corrected chi connectivity index (χ4v) is 5.38. The molecule has 0 aromatic carbocycles. The van der Waals surface area contributed by atoms with Crippen LogP contribution in [0.25, 0.3) is 11.2 Å². The Balaban J connectivity index is 1.54. The molecule has 4 rings (SSSR count). The number of carbonyl (C=O) groups excluding carboxylic acids is 1. The third-order valence-corrected chi connectivity index (χ3v) is 6.83. The molecule has 5 atom stereocenters. The second-order valence-corrected chi connectivity index (χ2v) is 9.38. The molecule has 2 fully saturated rings. The van der Waals surface area contributed by atoms with Crippen LogP contribution in [0.2, 0.25) is 0 Å². The van der Waals surface area contributed by atoms with Gasteiger partial charge in [-0.3, -0.25) is 18.4 Å². The lowest BCUT2D eigenvalue weighted by Crippen LogP contribution is -2.46. The number of nitrogens with zero attached hydrogens (tertiary/aromatic N) is 4. The summed E-state index contributed by atoms with van der Waals surface area (Å²) in [5.74, 6) is -0.367.